The second-order valence-corrected chi connectivity index (χ2v) is 5.61. The van der Waals surface area contributed by atoms with E-state index in [1.54, 1.807) is 13.0 Å². The van der Waals surface area contributed by atoms with Gasteiger partial charge in [-0.15, -0.1) is 0 Å². The van der Waals surface area contributed by atoms with E-state index in [1.165, 1.54) is 35.3 Å². The first-order valence-corrected chi connectivity index (χ1v) is 8.37. The van der Waals surface area contributed by atoms with Crippen molar-refractivity contribution in [1.29, 1.82) is 0 Å². The normalized spacial score (nSPS) is 14.1. The third-order valence-electron chi connectivity index (χ3n) is 3.87. The van der Waals surface area contributed by atoms with E-state index in [9.17, 15) is 19.5 Å². The Morgan fingerprint density at radius 2 is 1.89 bits per heavy atom. The van der Waals surface area contributed by atoms with Gasteiger partial charge in [-0.1, -0.05) is 0 Å². The summed E-state index contributed by atoms with van der Waals surface area (Å²) in [5.74, 6) is -1.35. The highest BCUT2D eigenvalue weighted by Gasteiger charge is 2.28. The van der Waals surface area contributed by atoms with Gasteiger partial charge >= 0.3 is 17.9 Å². The maximum atomic E-state index is 12.1. The van der Waals surface area contributed by atoms with Gasteiger partial charge in [0.2, 0.25) is 0 Å². The van der Waals surface area contributed by atoms with Crippen LogP contribution >= 0.6 is 0 Å². The molecule has 0 radical (unpaired) electrons. The maximum absolute atomic E-state index is 12.1. The quantitative estimate of drug-likeness (QED) is 0.437. The van der Waals surface area contributed by atoms with Crippen molar-refractivity contribution in [2.75, 3.05) is 39.9 Å². The Labute approximate surface area is 156 Å². The van der Waals surface area contributed by atoms with Crippen molar-refractivity contribution >= 4 is 24.1 Å². The first-order chi connectivity index (χ1) is 13.0. The summed E-state index contributed by atoms with van der Waals surface area (Å²) in [7, 11) is 1.41. The van der Waals surface area contributed by atoms with Gasteiger partial charge in [0.05, 0.1) is 19.9 Å². The van der Waals surface area contributed by atoms with E-state index in [2.05, 4.69) is 10.5 Å². The zero-order valence-corrected chi connectivity index (χ0v) is 15.2. The highest BCUT2D eigenvalue weighted by atomic mass is 16.6. The minimum atomic E-state index is -0.874. The van der Waals surface area contributed by atoms with Crippen molar-refractivity contribution in [3.8, 4) is 11.5 Å². The minimum absolute atomic E-state index is 0.0178. The van der Waals surface area contributed by atoms with Crippen LogP contribution in [0.5, 0.6) is 11.5 Å². The number of hydrogen-bond donors (Lipinski definition) is 2. The molecule has 1 aliphatic heterocycles. The van der Waals surface area contributed by atoms with E-state index >= 15 is 0 Å². The zero-order chi connectivity index (χ0) is 19.8. The molecule has 2 rings (SSSR count). The molecular formula is C17H22N4O6. The van der Waals surface area contributed by atoms with Crippen LogP contribution in [0, 0.1) is 0 Å². The molecule has 0 saturated carbocycles. The van der Waals surface area contributed by atoms with Crippen LogP contribution in [0.3, 0.4) is 0 Å². The fourth-order valence-corrected chi connectivity index (χ4v) is 2.44. The van der Waals surface area contributed by atoms with Crippen LogP contribution in [0.25, 0.3) is 0 Å². The van der Waals surface area contributed by atoms with Crippen LogP contribution in [0.4, 0.5) is 4.79 Å². The molecule has 2 N–H and O–H groups in total. The van der Waals surface area contributed by atoms with Crippen molar-refractivity contribution in [2.45, 2.75) is 6.92 Å². The Bertz CT molecular complexity index is 728. The zero-order valence-electron chi connectivity index (χ0n) is 15.2. The van der Waals surface area contributed by atoms with Crippen molar-refractivity contribution in [3.05, 3.63) is 23.8 Å². The molecule has 0 aromatic heterocycles. The number of aromatic hydroxyl groups is 1. The number of piperazine rings is 1. The van der Waals surface area contributed by atoms with Crippen molar-refractivity contribution < 1.29 is 29.0 Å². The number of phenolic OH excluding ortho intramolecular Hbond substituents is 1. The van der Waals surface area contributed by atoms with Crippen LogP contribution in [-0.4, -0.2) is 78.9 Å². The molecular weight excluding hydrogens is 356 g/mol. The number of nitrogens with one attached hydrogen (secondary N) is 1. The minimum Gasteiger partial charge on any atom is -0.504 e. The van der Waals surface area contributed by atoms with E-state index in [0.717, 1.165) is 0 Å². The molecule has 0 aliphatic carbocycles. The van der Waals surface area contributed by atoms with Crippen molar-refractivity contribution in [1.82, 2.24) is 15.2 Å². The van der Waals surface area contributed by atoms with Crippen LogP contribution in [0.1, 0.15) is 12.5 Å². The fourth-order valence-electron chi connectivity index (χ4n) is 2.44. The van der Waals surface area contributed by atoms with Crippen LogP contribution in [-0.2, 0) is 14.3 Å². The maximum Gasteiger partial charge on any atom is 0.409 e. The molecule has 0 bridgehead atoms. The molecule has 1 aromatic rings. The molecule has 1 heterocycles. The number of nitrogens with zero attached hydrogens (tertiary/aromatic N) is 3. The van der Waals surface area contributed by atoms with Gasteiger partial charge in [-0.2, -0.15) is 5.10 Å². The number of hydrazone groups is 1. The molecule has 1 fully saturated rings. The van der Waals surface area contributed by atoms with Gasteiger partial charge in [0.1, 0.15) is 0 Å². The molecule has 1 aromatic carbocycles. The topological polar surface area (TPSA) is 121 Å². The third-order valence-corrected chi connectivity index (χ3v) is 3.87. The number of benzene rings is 1. The molecule has 10 nitrogen and oxygen atoms in total. The van der Waals surface area contributed by atoms with Crippen LogP contribution in [0.15, 0.2) is 23.3 Å². The Balaban J connectivity index is 1.84. The van der Waals surface area contributed by atoms with E-state index in [4.69, 9.17) is 9.47 Å². The smallest absolute Gasteiger partial charge is 0.409 e. The SMILES string of the molecule is CCOC(=O)N1CCN(C(=O)C(=O)N/N=C\c2ccc(O)c(OC)c2)CC1. The molecule has 0 atom stereocenters. The highest BCUT2D eigenvalue weighted by Crippen LogP contribution is 2.25. The molecule has 3 amide bonds. The largest absolute Gasteiger partial charge is 0.504 e. The molecule has 1 aliphatic rings. The van der Waals surface area contributed by atoms with Crippen molar-refractivity contribution in [3.63, 3.8) is 0 Å². The van der Waals surface area contributed by atoms with E-state index in [1.807, 2.05) is 0 Å². The highest BCUT2D eigenvalue weighted by molar-refractivity contribution is 6.35. The Morgan fingerprint density at radius 1 is 1.22 bits per heavy atom. The second kappa shape index (κ2) is 9.41. The Morgan fingerprint density at radius 3 is 2.52 bits per heavy atom. The van der Waals surface area contributed by atoms with Gasteiger partial charge in [0, 0.05) is 26.2 Å². The first-order valence-electron chi connectivity index (χ1n) is 8.37. The second-order valence-electron chi connectivity index (χ2n) is 5.61. The number of methoxy groups -OCH3 is 1. The number of ether oxygens (including phenoxy) is 2. The molecule has 10 heteroatoms. The lowest BCUT2D eigenvalue weighted by atomic mass is 10.2. The lowest BCUT2D eigenvalue weighted by Gasteiger charge is -2.33. The number of carbonyl (C=O) groups excluding carboxylic acids is 3. The lowest BCUT2D eigenvalue weighted by Crippen LogP contribution is -2.53. The molecule has 1 saturated heterocycles. The van der Waals surface area contributed by atoms with Crippen LogP contribution < -0.4 is 10.2 Å². The van der Waals surface area contributed by atoms with Gasteiger partial charge in [0.25, 0.3) is 0 Å². The van der Waals surface area contributed by atoms with Crippen LogP contribution in [0.2, 0.25) is 0 Å². The van der Waals surface area contributed by atoms with Gasteiger partial charge in [-0.05, 0) is 30.7 Å². The first kappa shape index (κ1) is 20.0. The average molecular weight is 378 g/mol. The number of amides is 3. The fraction of sp³-hybridized carbons (Fsp3) is 0.412. The molecule has 0 spiro atoms. The molecule has 27 heavy (non-hydrogen) atoms. The Kier molecular flexibility index (Phi) is 6.98. The number of hydrogen-bond acceptors (Lipinski definition) is 7. The summed E-state index contributed by atoms with van der Waals surface area (Å²) >= 11 is 0. The standard InChI is InChI=1S/C17H22N4O6/c1-3-27-17(25)21-8-6-20(7-9-21)16(24)15(23)19-18-11-12-4-5-13(22)14(10-12)26-2/h4-5,10-11,22H,3,6-9H2,1-2H3,(H,19,23)/b18-11-. The Hall–Kier alpha value is -3.30. The van der Waals surface area contributed by atoms with Gasteiger partial charge < -0.3 is 24.4 Å². The summed E-state index contributed by atoms with van der Waals surface area (Å²) < 4.78 is 9.88. The summed E-state index contributed by atoms with van der Waals surface area (Å²) in [6, 6.07) is 4.53. The summed E-state index contributed by atoms with van der Waals surface area (Å²) in [6.45, 7) is 3.08. The van der Waals surface area contributed by atoms with Crippen molar-refractivity contribution in [2.24, 2.45) is 5.10 Å². The van der Waals surface area contributed by atoms with E-state index in [0.29, 0.717) is 18.7 Å². The predicted octanol–water partition coefficient (Wildman–Crippen LogP) is 0.152. The predicted molar refractivity (Wildman–Crippen MR) is 95.6 cm³/mol. The lowest BCUT2D eigenvalue weighted by molar-refractivity contribution is -0.146. The number of carbonyl (C=O) groups is 3. The number of phenols is 1. The summed E-state index contributed by atoms with van der Waals surface area (Å²) in [5, 5.41) is 13.3. The monoisotopic (exact) mass is 378 g/mol. The summed E-state index contributed by atoms with van der Waals surface area (Å²) in [5.41, 5.74) is 2.74. The number of rotatable bonds is 4. The van der Waals surface area contributed by atoms with E-state index in [-0.39, 0.29) is 31.2 Å². The summed E-state index contributed by atoms with van der Waals surface area (Å²) in [4.78, 5) is 38.5. The van der Waals surface area contributed by atoms with Gasteiger partial charge in [0.15, 0.2) is 11.5 Å². The molecule has 0 unspecified atom stereocenters. The average Bonchev–Trinajstić information content (AvgIpc) is 2.68. The third kappa shape index (κ3) is 5.33. The van der Waals surface area contributed by atoms with E-state index < -0.39 is 17.9 Å². The summed E-state index contributed by atoms with van der Waals surface area (Å²) in [6.07, 6.45) is 0.897. The molecule has 146 valence electrons. The van der Waals surface area contributed by atoms with Gasteiger partial charge in [-0.3, -0.25) is 9.59 Å². The van der Waals surface area contributed by atoms with Gasteiger partial charge in [-0.25, -0.2) is 10.2 Å².